The summed E-state index contributed by atoms with van der Waals surface area (Å²) >= 11 is 0. The molecule has 1 heterocycles. The van der Waals surface area contributed by atoms with Gasteiger partial charge in [-0.1, -0.05) is 48.0 Å². The van der Waals surface area contributed by atoms with Crippen LogP contribution in [0.2, 0.25) is 0 Å². The van der Waals surface area contributed by atoms with E-state index in [1.807, 2.05) is 6.07 Å². The largest absolute Gasteiger partial charge is 0.489 e. The normalized spacial score (nSPS) is 15.8. The van der Waals surface area contributed by atoms with Crippen LogP contribution in [0.3, 0.4) is 0 Å². The molecule has 3 aromatic carbocycles. The van der Waals surface area contributed by atoms with Crippen molar-refractivity contribution in [2.75, 3.05) is 0 Å². The average molecular weight is 416 g/mol. The molecular formula is C22H18F2O4S. The van der Waals surface area contributed by atoms with Crippen LogP contribution in [0, 0.1) is 18.6 Å². The highest BCUT2D eigenvalue weighted by Gasteiger charge is 2.32. The topological polar surface area (TPSA) is 63.6 Å². The van der Waals surface area contributed by atoms with Crippen molar-refractivity contribution in [3.8, 4) is 16.9 Å². The number of hydrogen-bond donors (Lipinski definition) is 1. The van der Waals surface area contributed by atoms with Gasteiger partial charge in [0.2, 0.25) is 0 Å². The van der Waals surface area contributed by atoms with Crippen LogP contribution in [0.4, 0.5) is 8.78 Å². The molecule has 4 nitrogen and oxygen atoms in total. The van der Waals surface area contributed by atoms with Crippen LogP contribution in [0.1, 0.15) is 16.7 Å². The van der Waals surface area contributed by atoms with E-state index in [9.17, 15) is 21.8 Å². The highest BCUT2D eigenvalue weighted by Crippen LogP contribution is 2.42. The first-order valence-corrected chi connectivity index (χ1v) is 10.5. The predicted molar refractivity (Wildman–Crippen MR) is 105 cm³/mol. The molecule has 0 saturated carbocycles. The van der Waals surface area contributed by atoms with Crippen molar-refractivity contribution in [1.82, 2.24) is 0 Å². The van der Waals surface area contributed by atoms with Crippen LogP contribution in [-0.2, 0) is 23.0 Å². The van der Waals surface area contributed by atoms with Gasteiger partial charge in [0.1, 0.15) is 11.9 Å². The van der Waals surface area contributed by atoms with Gasteiger partial charge in [-0.15, -0.1) is 0 Å². The SMILES string of the molecule is Cc1ccc(S(=O)(=O)O)c(CC2Cc3c(F)c(F)cc(-c4ccccc4)c3O2)c1. The molecule has 1 aliphatic heterocycles. The minimum atomic E-state index is -4.41. The maximum atomic E-state index is 14.5. The Morgan fingerprint density at radius 2 is 1.83 bits per heavy atom. The number of ether oxygens (including phenoxy) is 1. The number of rotatable bonds is 4. The van der Waals surface area contributed by atoms with E-state index in [2.05, 4.69) is 0 Å². The molecule has 7 heteroatoms. The quantitative estimate of drug-likeness (QED) is 0.625. The van der Waals surface area contributed by atoms with Crippen molar-refractivity contribution in [2.24, 2.45) is 0 Å². The number of benzene rings is 3. The maximum Gasteiger partial charge on any atom is 0.294 e. The Kier molecular flexibility index (Phi) is 4.88. The zero-order valence-corrected chi connectivity index (χ0v) is 16.3. The minimum absolute atomic E-state index is 0.0949. The fourth-order valence-corrected chi connectivity index (χ4v) is 4.44. The average Bonchev–Trinajstić information content (AvgIpc) is 3.08. The Bertz CT molecular complexity index is 1190. The van der Waals surface area contributed by atoms with Gasteiger partial charge in [0.25, 0.3) is 10.1 Å². The third kappa shape index (κ3) is 3.75. The highest BCUT2D eigenvalue weighted by atomic mass is 32.2. The van der Waals surface area contributed by atoms with E-state index in [1.54, 1.807) is 43.3 Å². The summed E-state index contributed by atoms with van der Waals surface area (Å²) in [5.41, 5.74) is 2.45. The molecule has 0 aliphatic carbocycles. The number of hydrogen-bond acceptors (Lipinski definition) is 3. The fourth-order valence-electron chi connectivity index (χ4n) is 3.73. The fraction of sp³-hybridized carbons (Fsp3) is 0.182. The molecule has 3 aromatic rings. The first-order valence-electron chi connectivity index (χ1n) is 9.04. The first kappa shape index (κ1) is 19.5. The summed E-state index contributed by atoms with van der Waals surface area (Å²) in [6.07, 6.45) is -0.371. The lowest BCUT2D eigenvalue weighted by atomic mass is 9.98. The molecule has 1 atom stereocenters. The van der Waals surface area contributed by atoms with Crippen molar-refractivity contribution < 1.29 is 26.5 Å². The van der Waals surface area contributed by atoms with Crippen LogP contribution < -0.4 is 4.74 Å². The van der Waals surface area contributed by atoms with Gasteiger partial charge >= 0.3 is 0 Å². The van der Waals surface area contributed by atoms with Gasteiger partial charge in [0.15, 0.2) is 11.6 Å². The second-order valence-corrected chi connectivity index (χ2v) is 8.52. The molecule has 0 amide bonds. The molecule has 1 N–H and O–H groups in total. The van der Waals surface area contributed by atoms with E-state index in [0.29, 0.717) is 16.7 Å². The summed E-state index contributed by atoms with van der Waals surface area (Å²) in [4.78, 5) is -0.211. The molecule has 0 spiro atoms. The van der Waals surface area contributed by atoms with Crippen molar-refractivity contribution in [1.29, 1.82) is 0 Å². The number of fused-ring (bicyclic) bond motifs is 1. The Morgan fingerprint density at radius 3 is 2.52 bits per heavy atom. The highest BCUT2D eigenvalue weighted by molar-refractivity contribution is 7.85. The smallest absolute Gasteiger partial charge is 0.294 e. The van der Waals surface area contributed by atoms with Crippen molar-refractivity contribution in [3.63, 3.8) is 0 Å². The van der Waals surface area contributed by atoms with Crippen LogP contribution in [0.25, 0.3) is 11.1 Å². The first-order chi connectivity index (χ1) is 13.7. The third-order valence-corrected chi connectivity index (χ3v) is 5.96. The van der Waals surface area contributed by atoms with Gasteiger partial charge in [0, 0.05) is 24.0 Å². The summed E-state index contributed by atoms with van der Waals surface area (Å²) in [5.74, 6) is -1.65. The van der Waals surface area contributed by atoms with Crippen LogP contribution in [0.15, 0.2) is 59.5 Å². The standard InChI is InChI=1S/C22H18F2O4S/c1-13-7-8-20(29(25,26)27)15(9-13)10-16-11-18-21(24)19(23)12-17(22(18)28-16)14-5-3-2-4-6-14/h2-9,12,16H,10-11H2,1H3,(H,25,26,27). The molecule has 4 rings (SSSR count). The molecule has 29 heavy (non-hydrogen) atoms. The summed E-state index contributed by atoms with van der Waals surface area (Å²) in [6.45, 7) is 1.80. The lowest BCUT2D eigenvalue weighted by molar-refractivity contribution is 0.233. The number of halogens is 2. The molecule has 0 radical (unpaired) electrons. The zero-order chi connectivity index (χ0) is 20.8. The molecule has 0 fully saturated rings. The predicted octanol–water partition coefficient (Wildman–Crippen LogP) is 4.73. The van der Waals surface area contributed by atoms with Crippen molar-refractivity contribution in [2.45, 2.75) is 30.8 Å². The monoisotopic (exact) mass is 416 g/mol. The summed E-state index contributed by atoms with van der Waals surface area (Å²) in [6, 6.07) is 14.6. The van der Waals surface area contributed by atoms with Gasteiger partial charge in [-0.3, -0.25) is 4.55 Å². The van der Waals surface area contributed by atoms with Gasteiger partial charge in [-0.2, -0.15) is 8.42 Å². The summed E-state index contributed by atoms with van der Waals surface area (Å²) < 4.78 is 67.5. The van der Waals surface area contributed by atoms with E-state index < -0.39 is 27.9 Å². The van der Waals surface area contributed by atoms with Gasteiger partial charge in [-0.25, -0.2) is 8.78 Å². The van der Waals surface area contributed by atoms with Crippen molar-refractivity contribution >= 4 is 10.1 Å². The molecule has 1 unspecified atom stereocenters. The van der Waals surface area contributed by atoms with Crippen molar-refractivity contribution in [3.05, 3.63) is 82.9 Å². The van der Waals surface area contributed by atoms with Crippen LogP contribution in [0.5, 0.6) is 5.75 Å². The minimum Gasteiger partial charge on any atom is -0.489 e. The number of aryl methyl sites for hydroxylation is 1. The summed E-state index contributed by atoms with van der Waals surface area (Å²) in [5, 5.41) is 0. The van der Waals surface area contributed by atoms with Gasteiger partial charge < -0.3 is 4.74 Å². The van der Waals surface area contributed by atoms with Crippen LogP contribution in [-0.4, -0.2) is 19.1 Å². The second kappa shape index (κ2) is 7.24. The lowest BCUT2D eigenvalue weighted by Gasteiger charge is -2.15. The Morgan fingerprint density at radius 1 is 1.10 bits per heavy atom. The third-order valence-electron chi connectivity index (χ3n) is 5.01. The molecular weight excluding hydrogens is 398 g/mol. The Labute approximate surface area is 167 Å². The molecule has 150 valence electrons. The van der Waals surface area contributed by atoms with E-state index in [1.165, 1.54) is 6.07 Å². The zero-order valence-electron chi connectivity index (χ0n) is 15.5. The van der Waals surface area contributed by atoms with Crippen LogP contribution >= 0.6 is 0 Å². The van der Waals surface area contributed by atoms with Gasteiger partial charge in [0.05, 0.1) is 4.90 Å². The van der Waals surface area contributed by atoms with E-state index in [-0.39, 0.29) is 29.1 Å². The van der Waals surface area contributed by atoms with Gasteiger partial charge in [-0.05, 0) is 30.2 Å². The Hall–Kier alpha value is -2.77. The molecule has 0 bridgehead atoms. The maximum absolute atomic E-state index is 14.5. The molecule has 0 saturated heterocycles. The lowest BCUT2D eigenvalue weighted by Crippen LogP contribution is -2.18. The molecule has 1 aliphatic rings. The Balaban J connectivity index is 1.72. The summed E-state index contributed by atoms with van der Waals surface area (Å²) in [7, 11) is -4.41. The van der Waals surface area contributed by atoms with E-state index in [0.717, 1.165) is 11.6 Å². The molecule has 0 aromatic heterocycles. The van der Waals surface area contributed by atoms with E-state index >= 15 is 0 Å². The second-order valence-electron chi connectivity index (χ2n) is 7.13. The van der Waals surface area contributed by atoms with E-state index in [4.69, 9.17) is 4.74 Å².